The molecule has 2 heterocycles. The van der Waals surface area contributed by atoms with Gasteiger partial charge in [0.2, 0.25) is 0 Å². The molecule has 0 fully saturated rings. The lowest BCUT2D eigenvalue weighted by Gasteiger charge is -2.06. The largest absolute Gasteiger partial charge is 0.487 e. The molecular weight excluding hydrogens is 254 g/mol. The molecule has 0 saturated heterocycles. The fraction of sp³-hybridized carbons (Fsp3) is 0.364. The van der Waals surface area contributed by atoms with Crippen molar-refractivity contribution >= 4 is 33.7 Å². The van der Waals surface area contributed by atoms with Crippen LogP contribution in [-0.4, -0.2) is 11.0 Å². The number of hydrogen-bond donors (Lipinski definition) is 2. The Morgan fingerprint density at radius 2 is 2.29 bits per heavy atom. The first kappa shape index (κ1) is 12.2. The predicted molar refractivity (Wildman–Crippen MR) is 74.1 cm³/mol. The number of aryl methyl sites for hydroxylation is 1. The normalized spacial score (nSPS) is 10.5. The van der Waals surface area contributed by atoms with Crippen molar-refractivity contribution in [1.29, 1.82) is 0 Å². The van der Waals surface area contributed by atoms with Gasteiger partial charge in [-0.15, -0.1) is 11.3 Å². The van der Waals surface area contributed by atoms with E-state index in [9.17, 15) is 0 Å². The van der Waals surface area contributed by atoms with Crippen LogP contribution in [0.1, 0.15) is 16.7 Å². The van der Waals surface area contributed by atoms with Crippen LogP contribution >= 0.6 is 22.9 Å². The number of nitrogens with one attached hydrogen (secondary N) is 1. The fourth-order valence-corrected chi connectivity index (χ4v) is 2.92. The van der Waals surface area contributed by atoms with E-state index >= 15 is 0 Å². The molecule has 0 aliphatic carbocycles. The maximum Gasteiger partial charge on any atom is 0.197 e. The zero-order valence-corrected chi connectivity index (χ0v) is 11.5. The van der Waals surface area contributed by atoms with Crippen molar-refractivity contribution in [3.63, 3.8) is 0 Å². The summed E-state index contributed by atoms with van der Waals surface area (Å²) in [6.07, 6.45) is 0. The van der Waals surface area contributed by atoms with Gasteiger partial charge in [-0.1, -0.05) is 0 Å². The molecule has 3 N–H and O–H groups in total. The number of nitrogens with two attached hydrogens (primary N) is 1. The van der Waals surface area contributed by atoms with E-state index in [1.165, 1.54) is 21.3 Å². The minimum atomic E-state index is 0.460. The summed E-state index contributed by atoms with van der Waals surface area (Å²) >= 11 is 3.12. The Balaban J connectivity index is 2.03. The quantitative estimate of drug-likeness (QED) is 0.875. The van der Waals surface area contributed by atoms with Crippen molar-refractivity contribution in [2.45, 2.75) is 20.4 Å². The minimum Gasteiger partial charge on any atom is -0.487 e. The Labute approximate surface area is 109 Å². The van der Waals surface area contributed by atoms with Crippen LogP contribution in [0.15, 0.2) is 12.1 Å². The van der Waals surface area contributed by atoms with E-state index in [4.69, 9.17) is 10.5 Å². The van der Waals surface area contributed by atoms with E-state index in [0.29, 0.717) is 18.2 Å². The molecule has 0 aliphatic heterocycles. The van der Waals surface area contributed by atoms with Crippen LogP contribution in [0.25, 0.3) is 0 Å². The Morgan fingerprint density at radius 1 is 1.47 bits per heavy atom. The number of thiophene rings is 1. The average molecular weight is 269 g/mol. The predicted octanol–water partition coefficient (Wildman–Crippen LogP) is 3.11. The van der Waals surface area contributed by atoms with Gasteiger partial charge in [0.15, 0.2) is 16.6 Å². The summed E-state index contributed by atoms with van der Waals surface area (Å²) in [6.45, 7) is 5.41. The van der Waals surface area contributed by atoms with Crippen LogP contribution in [0.5, 0.6) is 5.75 Å². The van der Waals surface area contributed by atoms with E-state index in [1.54, 1.807) is 11.3 Å². The van der Waals surface area contributed by atoms with Crippen molar-refractivity contribution in [2.75, 3.05) is 17.7 Å². The Bertz CT molecular complexity index is 493. The van der Waals surface area contributed by atoms with Crippen LogP contribution in [0, 0.1) is 6.92 Å². The van der Waals surface area contributed by atoms with Gasteiger partial charge in [-0.05, 0) is 37.5 Å². The molecule has 6 heteroatoms. The molecule has 0 spiro atoms. The highest BCUT2D eigenvalue weighted by atomic mass is 32.1. The highest BCUT2D eigenvalue weighted by Crippen LogP contribution is 2.35. The van der Waals surface area contributed by atoms with E-state index in [1.807, 2.05) is 6.92 Å². The second kappa shape index (κ2) is 5.37. The number of anilines is 2. The summed E-state index contributed by atoms with van der Waals surface area (Å²) < 4.78 is 9.55. The lowest BCUT2D eigenvalue weighted by atomic mass is 10.4. The summed E-state index contributed by atoms with van der Waals surface area (Å²) in [5.74, 6) is 1.13. The first-order valence-corrected chi connectivity index (χ1v) is 6.96. The molecule has 2 aromatic rings. The summed E-state index contributed by atoms with van der Waals surface area (Å²) in [6, 6.07) is 4.24. The number of nitrogen functional groups attached to an aromatic ring is 1. The number of ether oxygens (including phenoxy) is 1. The molecule has 4 nitrogen and oxygen atoms in total. The SMILES string of the molecule is CCOc1c(N)nsc1NCc1ccc(C)s1. The third-order valence-corrected chi connectivity index (χ3v) is 3.98. The first-order valence-electron chi connectivity index (χ1n) is 5.37. The minimum absolute atomic E-state index is 0.460. The summed E-state index contributed by atoms with van der Waals surface area (Å²) in [7, 11) is 0. The highest BCUT2D eigenvalue weighted by Gasteiger charge is 2.12. The van der Waals surface area contributed by atoms with E-state index in [2.05, 4.69) is 28.7 Å². The molecule has 0 amide bonds. The molecule has 17 heavy (non-hydrogen) atoms. The number of hydrogen-bond acceptors (Lipinski definition) is 6. The Hall–Kier alpha value is -1.27. The van der Waals surface area contributed by atoms with Crippen LogP contribution in [-0.2, 0) is 6.54 Å². The van der Waals surface area contributed by atoms with E-state index in [0.717, 1.165) is 11.5 Å². The third kappa shape index (κ3) is 2.89. The van der Waals surface area contributed by atoms with Crippen LogP contribution < -0.4 is 15.8 Å². The van der Waals surface area contributed by atoms with Gasteiger partial charge >= 0.3 is 0 Å². The average Bonchev–Trinajstić information content (AvgIpc) is 2.86. The zero-order chi connectivity index (χ0) is 12.3. The molecule has 0 bridgehead atoms. The van der Waals surface area contributed by atoms with Gasteiger partial charge in [0.25, 0.3) is 0 Å². The van der Waals surface area contributed by atoms with Crippen molar-refractivity contribution in [3.8, 4) is 5.75 Å². The first-order chi connectivity index (χ1) is 8.20. The number of aromatic nitrogens is 1. The van der Waals surface area contributed by atoms with Gasteiger partial charge in [-0.2, -0.15) is 4.37 Å². The van der Waals surface area contributed by atoms with Crippen LogP contribution in [0.2, 0.25) is 0 Å². The zero-order valence-electron chi connectivity index (χ0n) is 9.82. The molecule has 0 atom stereocenters. The summed E-state index contributed by atoms with van der Waals surface area (Å²) in [5, 5.41) is 4.21. The maximum atomic E-state index is 5.74. The molecule has 0 unspecified atom stereocenters. The van der Waals surface area contributed by atoms with E-state index in [-0.39, 0.29) is 0 Å². The standard InChI is InChI=1S/C11H15N3OS2/c1-3-15-9-10(12)14-17-11(9)13-6-8-5-4-7(2)16-8/h4-5,13H,3,6H2,1-2H3,(H2,12,14). The lowest BCUT2D eigenvalue weighted by molar-refractivity contribution is 0.344. The summed E-state index contributed by atoms with van der Waals surface area (Å²) in [4.78, 5) is 2.60. The van der Waals surface area contributed by atoms with E-state index < -0.39 is 0 Å². The lowest BCUT2D eigenvalue weighted by Crippen LogP contribution is -2.00. The van der Waals surface area contributed by atoms with Crippen LogP contribution in [0.3, 0.4) is 0 Å². The molecule has 2 aromatic heterocycles. The molecule has 0 aliphatic rings. The topological polar surface area (TPSA) is 60.2 Å². The van der Waals surface area contributed by atoms with Crippen molar-refractivity contribution in [3.05, 3.63) is 21.9 Å². The van der Waals surface area contributed by atoms with Gasteiger partial charge in [-0.3, -0.25) is 0 Å². The molecule has 0 saturated carbocycles. The van der Waals surface area contributed by atoms with Crippen molar-refractivity contribution in [2.24, 2.45) is 0 Å². The molecule has 0 aromatic carbocycles. The molecular formula is C11H15N3OS2. The second-order valence-electron chi connectivity index (χ2n) is 3.52. The number of nitrogens with zero attached hydrogens (tertiary/aromatic N) is 1. The Morgan fingerprint density at radius 3 is 2.94 bits per heavy atom. The number of rotatable bonds is 5. The van der Waals surface area contributed by atoms with Crippen molar-refractivity contribution < 1.29 is 4.74 Å². The van der Waals surface area contributed by atoms with Gasteiger partial charge in [0, 0.05) is 9.75 Å². The third-order valence-electron chi connectivity index (χ3n) is 2.18. The van der Waals surface area contributed by atoms with Crippen LogP contribution in [0.4, 0.5) is 10.8 Å². The molecule has 92 valence electrons. The molecule has 0 radical (unpaired) electrons. The summed E-state index contributed by atoms with van der Waals surface area (Å²) in [5.41, 5.74) is 5.74. The monoisotopic (exact) mass is 269 g/mol. The maximum absolute atomic E-state index is 5.74. The van der Waals surface area contributed by atoms with Crippen molar-refractivity contribution in [1.82, 2.24) is 4.37 Å². The van der Waals surface area contributed by atoms with Gasteiger partial charge in [0.05, 0.1) is 13.2 Å². The van der Waals surface area contributed by atoms with Gasteiger partial charge in [-0.25, -0.2) is 0 Å². The smallest absolute Gasteiger partial charge is 0.197 e. The second-order valence-corrected chi connectivity index (χ2v) is 5.67. The highest BCUT2D eigenvalue weighted by molar-refractivity contribution is 7.12. The van der Waals surface area contributed by atoms with Gasteiger partial charge in [0.1, 0.15) is 0 Å². The Kier molecular flexibility index (Phi) is 3.86. The van der Waals surface area contributed by atoms with Gasteiger partial charge < -0.3 is 15.8 Å². The fourth-order valence-electron chi connectivity index (χ4n) is 1.44. The molecule has 2 rings (SSSR count).